The molecule has 0 aliphatic carbocycles. The molecular weight excluding hydrogens is 140 g/mol. The van der Waals surface area contributed by atoms with Crippen molar-refractivity contribution in [3.8, 4) is 0 Å². The van der Waals surface area contributed by atoms with Gasteiger partial charge in [0.15, 0.2) is 0 Å². The second-order valence-corrected chi connectivity index (χ2v) is 2.14. The number of nitrogens with zero attached hydrogens (tertiary/aromatic N) is 2. The average Bonchev–Trinajstić information content (AvgIpc) is 2.55. The van der Waals surface area contributed by atoms with Crippen molar-refractivity contribution in [1.29, 1.82) is 0 Å². The van der Waals surface area contributed by atoms with Crippen molar-refractivity contribution in [3.05, 3.63) is 11.4 Å². The van der Waals surface area contributed by atoms with Gasteiger partial charge in [0.2, 0.25) is 0 Å². The van der Waals surface area contributed by atoms with E-state index >= 15 is 0 Å². The maximum absolute atomic E-state index is 3.98. The lowest BCUT2D eigenvalue weighted by atomic mass is 10.2. The molecule has 0 aromatic carbocycles. The molecule has 0 bridgehead atoms. The molecule has 0 amide bonds. The molecule has 1 aromatic heterocycles. The van der Waals surface area contributed by atoms with Crippen LogP contribution in [0, 0.1) is 0 Å². The Morgan fingerprint density at radius 3 is 2.73 bits per heavy atom. The van der Waals surface area contributed by atoms with E-state index < -0.39 is 0 Å². The standard InChI is InChI=1S/C5H8N4.C2H6.H2/c1-2-6-3-5-4(1)7-9-8-5;1-2;/h6H,1-3H2,(H,7,8,9);1-2H3;1H. The molecule has 4 nitrogen and oxygen atoms in total. The summed E-state index contributed by atoms with van der Waals surface area (Å²) in [6.45, 7) is 5.89. The van der Waals surface area contributed by atoms with Crippen LogP contribution in [0.3, 0.4) is 0 Å². The second kappa shape index (κ2) is 4.08. The van der Waals surface area contributed by atoms with E-state index in [9.17, 15) is 0 Å². The minimum atomic E-state index is 0. The van der Waals surface area contributed by atoms with E-state index in [0.29, 0.717) is 0 Å². The molecule has 0 saturated heterocycles. The van der Waals surface area contributed by atoms with Gasteiger partial charge >= 0.3 is 0 Å². The van der Waals surface area contributed by atoms with Gasteiger partial charge in [-0.15, -0.1) is 0 Å². The molecule has 1 aliphatic rings. The third-order valence-corrected chi connectivity index (χ3v) is 1.53. The zero-order valence-electron chi connectivity index (χ0n) is 7.02. The highest BCUT2D eigenvalue weighted by molar-refractivity contribution is 5.10. The number of hydrogen-bond acceptors (Lipinski definition) is 3. The van der Waals surface area contributed by atoms with Gasteiger partial charge in [0.05, 0.1) is 11.4 Å². The summed E-state index contributed by atoms with van der Waals surface area (Å²) < 4.78 is 0. The van der Waals surface area contributed by atoms with Crippen molar-refractivity contribution in [2.45, 2.75) is 26.8 Å². The molecule has 0 unspecified atom stereocenters. The molecule has 1 aromatic rings. The summed E-state index contributed by atoms with van der Waals surface area (Å²) in [5.41, 5.74) is 2.19. The third kappa shape index (κ3) is 1.77. The molecular formula is C7H16N4. The van der Waals surface area contributed by atoms with E-state index in [1.807, 2.05) is 13.8 Å². The van der Waals surface area contributed by atoms with Gasteiger partial charge in [0.1, 0.15) is 0 Å². The largest absolute Gasteiger partial charge is 0.311 e. The molecule has 0 fully saturated rings. The van der Waals surface area contributed by atoms with E-state index in [1.165, 1.54) is 0 Å². The van der Waals surface area contributed by atoms with Gasteiger partial charge in [-0.3, -0.25) is 0 Å². The number of aromatic nitrogens is 3. The van der Waals surface area contributed by atoms with Gasteiger partial charge in [-0.2, -0.15) is 15.4 Å². The van der Waals surface area contributed by atoms with Gasteiger partial charge in [-0.25, -0.2) is 0 Å². The van der Waals surface area contributed by atoms with Crippen molar-refractivity contribution >= 4 is 0 Å². The zero-order chi connectivity index (χ0) is 8.10. The smallest absolute Gasteiger partial charge is 0.0994 e. The average molecular weight is 156 g/mol. The van der Waals surface area contributed by atoms with Crippen LogP contribution in [-0.4, -0.2) is 22.0 Å². The van der Waals surface area contributed by atoms with Crippen LogP contribution in [0.1, 0.15) is 26.7 Å². The molecule has 2 rings (SSSR count). The van der Waals surface area contributed by atoms with E-state index in [-0.39, 0.29) is 1.43 Å². The normalized spacial score (nSPS) is 14.7. The molecule has 0 saturated carbocycles. The molecule has 4 heteroatoms. The van der Waals surface area contributed by atoms with E-state index in [2.05, 4.69) is 20.7 Å². The highest BCUT2D eigenvalue weighted by Crippen LogP contribution is 2.04. The van der Waals surface area contributed by atoms with Crippen molar-refractivity contribution in [1.82, 2.24) is 20.7 Å². The first kappa shape index (κ1) is 8.20. The number of nitrogens with one attached hydrogen (secondary N) is 2. The van der Waals surface area contributed by atoms with Crippen molar-refractivity contribution in [2.75, 3.05) is 6.54 Å². The fourth-order valence-corrected chi connectivity index (χ4v) is 1.03. The number of fused-ring (bicyclic) bond motifs is 1. The summed E-state index contributed by atoms with van der Waals surface area (Å²) >= 11 is 0. The summed E-state index contributed by atoms with van der Waals surface area (Å²) in [4.78, 5) is 0. The third-order valence-electron chi connectivity index (χ3n) is 1.53. The predicted octanol–water partition coefficient (Wildman–Crippen LogP) is 0.723. The lowest BCUT2D eigenvalue weighted by Crippen LogP contribution is -2.23. The molecule has 0 radical (unpaired) electrons. The Labute approximate surface area is 67.9 Å². The first-order valence-electron chi connectivity index (χ1n) is 4.06. The van der Waals surface area contributed by atoms with E-state index in [4.69, 9.17) is 0 Å². The minimum Gasteiger partial charge on any atom is -0.311 e. The Balaban J connectivity index is 0.000000378. The van der Waals surface area contributed by atoms with Crippen LogP contribution in [0.2, 0.25) is 0 Å². The maximum Gasteiger partial charge on any atom is 0.0994 e. The number of rotatable bonds is 0. The van der Waals surface area contributed by atoms with Gasteiger partial charge in [0, 0.05) is 20.9 Å². The van der Waals surface area contributed by atoms with Gasteiger partial charge in [-0.05, 0) is 0 Å². The first-order valence-corrected chi connectivity index (χ1v) is 4.06. The molecule has 64 valence electrons. The lowest BCUT2D eigenvalue weighted by molar-refractivity contribution is 0.627. The summed E-state index contributed by atoms with van der Waals surface area (Å²) in [5.74, 6) is 0. The van der Waals surface area contributed by atoms with Gasteiger partial charge < -0.3 is 5.32 Å². The molecule has 1 aliphatic heterocycles. The van der Waals surface area contributed by atoms with Crippen LogP contribution in [0.4, 0.5) is 0 Å². The summed E-state index contributed by atoms with van der Waals surface area (Å²) in [7, 11) is 0. The minimum absolute atomic E-state index is 0. The quantitative estimate of drug-likeness (QED) is 0.582. The van der Waals surface area contributed by atoms with Crippen LogP contribution < -0.4 is 5.32 Å². The van der Waals surface area contributed by atoms with Crippen LogP contribution in [0.15, 0.2) is 0 Å². The van der Waals surface area contributed by atoms with Gasteiger partial charge in [0.25, 0.3) is 0 Å². The Morgan fingerprint density at radius 2 is 2.00 bits per heavy atom. The fraction of sp³-hybridized carbons (Fsp3) is 0.714. The highest BCUT2D eigenvalue weighted by Gasteiger charge is 2.10. The first-order chi connectivity index (χ1) is 5.47. The molecule has 2 N–H and O–H groups in total. The summed E-state index contributed by atoms with van der Waals surface area (Å²) in [6, 6.07) is 0. The van der Waals surface area contributed by atoms with Crippen LogP contribution in [0.25, 0.3) is 0 Å². The van der Waals surface area contributed by atoms with Crippen molar-refractivity contribution < 1.29 is 1.43 Å². The van der Waals surface area contributed by atoms with Crippen molar-refractivity contribution in [3.63, 3.8) is 0 Å². The van der Waals surface area contributed by atoms with E-state index in [0.717, 1.165) is 30.9 Å². The van der Waals surface area contributed by atoms with Crippen LogP contribution in [0.5, 0.6) is 0 Å². The molecule has 0 spiro atoms. The summed E-state index contributed by atoms with van der Waals surface area (Å²) in [5, 5.41) is 13.7. The number of hydrogen-bond donors (Lipinski definition) is 2. The monoisotopic (exact) mass is 156 g/mol. The van der Waals surface area contributed by atoms with Crippen LogP contribution >= 0.6 is 0 Å². The number of H-pyrrole nitrogens is 1. The van der Waals surface area contributed by atoms with Crippen molar-refractivity contribution in [2.24, 2.45) is 0 Å². The second-order valence-electron chi connectivity index (χ2n) is 2.14. The highest BCUT2D eigenvalue weighted by atomic mass is 15.3. The molecule has 0 atom stereocenters. The van der Waals surface area contributed by atoms with Crippen LogP contribution in [-0.2, 0) is 13.0 Å². The molecule has 11 heavy (non-hydrogen) atoms. The topological polar surface area (TPSA) is 53.6 Å². The molecule has 2 heterocycles. The Kier molecular flexibility index (Phi) is 3.04. The summed E-state index contributed by atoms with van der Waals surface area (Å²) in [6.07, 6.45) is 1.01. The lowest BCUT2D eigenvalue weighted by Gasteiger charge is -2.07. The van der Waals surface area contributed by atoms with E-state index in [1.54, 1.807) is 0 Å². The predicted molar refractivity (Wildman–Crippen MR) is 45.3 cm³/mol. The Hall–Kier alpha value is -0.900. The zero-order valence-corrected chi connectivity index (χ0v) is 7.02. The Morgan fingerprint density at radius 1 is 1.27 bits per heavy atom. The number of aromatic amines is 1. The maximum atomic E-state index is 3.98. The fourth-order valence-electron chi connectivity index (χ4n) is 1.03. The Bertz CT molecular complexity index is 190. The SMILES string of the molecule is C1Cc2n[nH]nc2CN1.CC.[HH]. The van der Waals surface area contributed by atoms with Gasteiger partial charge in [-0.1, -0.05) is 13.8 Å².